The minimum absolute atomic E-state index is 0.242. The quantitative estimate of drug-likeness (QED) is 0.759. The summed E-state index contributed by atoms with van der Waals surface area (Å²) in [5.74, 6) is 1.03. The summed E-state index contributed by atoms with van der Waals surface area (Å²) < 4.78 is 5.27. The lowest BCUT2D eigenvalue weighted by Gasteiger charge is -2.09. The first-order valence-electron chi connectivity index (χ1n) is 7.65. The molecule has 5 nitrogen and oxygen atoms in total. The Bertz CT molecular complexity index is 865. The molecule has 0 aliphatic carbocycles. The Kier molecular flexibility index (Phi) is 5.26. The molecule has 3 rings (SSSR count). The van der Waals surface area contributed by atoms with E-state index in [1.165, 1.54) is 12.4 Å². The number of hydrogen-bond acceptors (Lipinski definition) is 4. The number of nitrogens with one attached hydrogen (secondary N) is 1. The predicted octanol–water partition coefficient (Wildman–Crippen LogP) is 3.74. The molecule has 0 bridgehead atoms. The van der Waals surface area contributed by atoms with Crippen LogP contribution in [0.3, 0.4) is 0 Å². The maximum absolute atomic E-state index is 12.3. The van der Waals surface area contributed by atoms with Gasteiger partial charge >= 0.3 is 0 Å². The van der Waals surface area contributed by atoms with Crippen LogP contribution < -0.4 is 10.1 Å². The van der Waals surface area contributed by atoms with Gasteiger partial charge in [-0.15, -0.1) is 0 Å². The van der Waals surface area contributed by atoms with Crippen LogP contribution in [-0.4, -0.2) is 23.0 Å². The third kappa shape index (κ3) is 4.14. The van der Waals surface area contributed by atoms with Gasteiger partial charge in [0.2, 0.25) is 0 Å². The molecule has 1 N–H and O–H groups in total. The van der Waals surface area contributed by atoms with E-state index in [9.17, 15) is 4.79 Å². The largest absolute Gasteiger partial charge is 0.496 e. The molecular formula is C19H16ClN3O2. The zero-order valence-electron chi connectivity index (χ0n) is 13.6. The zero-order chi connectivity index (χ0) is 17.6. The predicted molar refractivity (Wildman–Crippen MR) is 96.6 cm³/mol. The van der Waals surface area contributed by atoms with E-state index >= 15 is 0 Å². The highest BCUT2D eigenvalue weighted by atomic mass is 35.5. The summed E-state index contributed by atoms with van der Waals surface area (Å²) >= 11 is 5.87. The second-order valence-corrected chi connectivity index (χ2v) is 5.73. The molecule has 2 aromatic carbocycles. The van der Waals surface area contributed by atoms with E-state index in [2.05, 4.69) is 15.3 Å². The molecule has 25 heavy (non-hydrogen) atoms. The Morgan fingerprint density at radius 3 is 2.44 bits per heavy atom. The first-order valence-corrected chi connectivity index (χ1v) is 8.03. The number of carbonyl (C=O) groups excluding carboxylic acids is 1. The van der Waals surface area contributed by atoms with Crippen LogP contribution in [-0.2, 0) is 6.54 Å². The molecule has 0 saturated heterocycles. The van der Waals surface area contributed by atoms with Crippen molar-refractivity contribution in [3.8, 4) is 17.1 Å². The Morgan fingerprint density at radius 2 is 1.76 bits per heavy atom. The maximum atomic E-state index is 12.3. The fourth-order valence-electron chi connectivity index (χ4n) is 2.32. The topological polar surface area (TPSA) is 64.1 Å². The van der Waals surface area contributed by atoms with Crippen LogP contribution in [0.1, 0.15) is 15.9 Å². The van der Waals surface area contributed by atoms with Crippen LogP contribution >= 0.6 is 11.6 Å². The van der Waals surface area contributed by atoms with E-state index in [-0.39, 0.29) is 5.91 Å². The SMILES string of the molecule is COc1ccccc1CNC(=O)c1cnc(-c2ccc(Cl)cc2)nc1. The number of ether oxygens (including phenoxy) is 1. The Hall–Kier alpha value is -2.92. The molecule has 1 heterocycles. The van der Waals surface area contributed by atoms with Crippen molar-refractivity contribution in [2.24, 2.45) is 0 Å². The summed E-state index contributed by atoms with van der Waals surface area (Å²) in [7, 11) is 1.60. The summed E-state index contributed by atoms with van der Waals surface area (Å²) in [6.45, 7) is 0.363. The number of methoxy groups -OCH3 is 1. The number of halogens is 1. The monoisotopic (exact) mass is 353 g/mol. The Labute approximate surface area is 150 Å². The zero-order valence-corrected chi connectivity index (χ0v) is 14.3. The number of benzene rings is 2. The van der Waals surface area contributed by atoms with Crippen LogP contribution in [0, 0.1) is 0 Å². The lowest BCUT2D eigenvalue weighted by Crippen LogP contribution is -2.23. The molecule has 6 heteroatoms. The van der Waals surface area contributed by atoms with Crippen LogP contribution in [0.25, 0.3) is 11.4 Å². The van der Waals surface area contributed by atoms with Crippen molar-refractivity contribution in [1.29, 1.82) is 0 Å². The van der Waals surface area contributed by atoms with Gasteiger partial charge in [0.05, 0.1) is 12.7 Å². The van der Waals surface area contributed by atoms with Gasteiger partial charge in [0.15, 0.2) is 5.82 Å². The van der Waals surface area contributed by atoms with E-state index in [1.54, 1.807) is 19.2 Å². The number of aromatic nitrogens is 2. The summed E-state index contributed by atoms with van der Waals surface area (Å²) in [4.78, 5) is 20.8. The van der Waals surface area contributed by atoms with E-state index < -0.39 is 0 Å². The van der Waals surface area contributed by atoms with E-state index in [4.69, 9.17) is 16.3 Å². The van der Waals surface area contributed by atoms with Gasteiger partial charge in [-0.2, -0.15) is 0 Å². The molecule has 126 valence electrons. The molecule has 0 aliphatic rings. The summed E-state index contributed by atoms with van der Waals surface area (Å²) in [5.41, 5.74) is 2.13. The van der Waals surface area contributed by atoms with Gasteiger partial charge in [-0.3, -0.25) is 4.79 Å². The molecule has 1 aromatic heterocycles. The number of hydrogen-bond donors (Lipinski definition) is 1. The van der Waals surface area contributed by atoms with Crippen molar-refractivity contribution < 1.29 is 9.53 Å². The number of para-hydroxylation sites is 1. The minimum atomic E-state index is -0.242. The maximum Gasteiger partial charge on any atom is 0.254 e. The molecule has 3 aromatic rings. The molecule has 0 spiro atoms. The van der Waals surface area contributed by atoms with Crippen LogP contribution in [0.15, 0.2) is 60.9 Å². The van der Waals surface area contributed by atoms with Crippen molar-refractivity contribution in [1.82, 2.24) is 15.3 Å². The third-order valence-corrected chi connectivity index (χ3v) is 3.90. The highest BCUT2D eigenvalue weighted by Crippen LogP contribution is 2.18. The number of nitrogens with zero attached hydrogens (tertiary/aromatic N) is 2. The second kappa shape index (κ2) is 7.77. The summed E-state index contributed by atoms with van der Waals surface area (Å²) in [6.07, 6.45) is 3.02. The van der Waals surface area contributed by atoms with Gasteiger partial charge < -0.3 is 10.1 Å². The van der Waals surface area contributed by atoms with Crippen LogP contribution in [0.4, 0.5) is 0 Å². The summed E-state index contributed by atoms with van der Waals surface area (Å²) in [5, 5.41) is 3.49. The van der Waals surface area contributed by atoms with E-state index in [0.29, 0.717) is 23.0 Å². The fraction of sp³-hybridized carbons (Fsp3) is 0.105. The van der Waals surface area contributed by atoms with Gasteiger partial charge in [-0.05, 0) is 30.3 Å². The minimum Gasteiger partial charge on any atom is -0.496 e. The highest BCUT2D eigenvalue weighted by molar-refractivity contribution is 6.30. The Morgan fingerprint density at radius 1 is 1.08 bits per heavy atom. The van der Waals surface area contributed by atoms with Crippen molar-refractivity contribution in [3.63, 3.8) is 0 Å². The lowest BCUT2D eigenvalue weighted by atomic mass is 10.2. The standard InChI is InChI=1S/C19H16ClN3O2/c1-25-17-5-3-2-4-14(17)10-23-19(24)15-11-21-18(22-12-15)13-6-8-16(20)9-7-13/h2-9,11-12H,10H2,1H3,(H,23,24). The number of carbonyl (C=O) groups is 1. The molecule has 0 unspecified atom stereocenters. The lowest BCUT2D eigenvalue weighted by molar-refractivity contribution is 0.0950. The molecule has 1 amide bonds. The van der Waals surface area contributed by atoms with Gasteiger partial charge in [0.25, 0.3) is 5.91 Å². The molecule has 0 radical (unpaired) electrons. The molecule has 0 fully saturated rings. The van der Waals surface area contributed by atoms with Crippen molar-refractivity contribution in [2.75, 3.05) is 7.11 Å². The van der Waals surface area contributed by atoms with Gasteiger partial charge in [0.1, 0.15) is 5.75 Å². The van der Waals surface area contributed by atoms with Crippen molar-refractivity contribution >= 4 is 17.5 Å². The average molecular weight is 354 g/mol. The molecule has 0 atom stereocenters. The first-order chi connectivity index (χ1) is 12.2. The Balaban J connectivity index is 1.67. The summed E-state index contributed by atoms with van der Waals surface area (Å²) in [6, 6.07) is 14.7. The fourth-order valence-corrected chi connectivity index (χ4v) is 2.45. The third-order valence-electron chi connectivity index (χ3n) is 3.65. The highest BCUT2D eigenvalue weighted by Gasteiger charge is 2.09. The van der Waals surface area contributed by atoms with Gasteiger partial charge in [-0.25, -0.2) is 9.97 Å². The van der Waals surface area contributed by atoms with Gasteiger partial charge in [0, 0.05) is 35.1 Å². The average Bonchev–Trinajstić information content (AvgIpc) is 2.67. The van der Waals surface area contributed by atoms with Crippen molar-refractivity contribution in [2.45, 2.75) is 6.54 Å². The molecular weight excluding hydrogens is 338 g/mol. The van der Waals surface area contributed by atoms with E-state index in [0.717, 1.165) is 16.9 Å². The van der Waals surface area contributed by atoms with E-state index in [1.807, 2.05) is 36.4 Å². The van der Waals surface area contributed by atoms with Gasteiger partial charge in [-0.1, -0.05) is 29.8 Å². The molecule has 0 saturated carbocycles. The second-order valence-electron chi connectivity index (χ2n) is 5.30. The smallest absolute Gasteiger partial charge is 0.254 e. The number of rotatable bonds is 5. The van der Waals surface area contributed by atoms with Crippen LogP contribution in [0.5, 0.6) is 5.75 Å². The molecule has 0 aliphatic heterocycles. The normalized spacial score (nSPS) is 10.3. The van der Waals surface area contributed by atoms with Crippen molar-refractivity contribution in [3.05, 3.63) is 77.1 Å². The first kappa shape index (κ1) is 16.9. The van der Waals surface area contributed by atoms with Crippen LogP contribution in [0.2, 0.25) is 5.02 Å². The number of amides is 1.